The van der Waals surface area contributed by atoms with Crippen molar-refractivity contribution in [3.05, 3.63) is 57.0 Å². The third kappa shape index (κ3) is 3.31. The molecule has 2 aromatic heterocycles. The average molecular weight is 362 g/mol. The van der Waals surface area contributed by atoms with Gasteiger partial charge >= 0.3 is 0 Å². The lowest BCUT2D eigenvalue weighted by molar-refractivity contribution is 0.556. The Hall–Kier alpha value is -1.30. The van der Waals surface area contributed by atoms with Crippen LogP contribution in [-0.2, 0) is 6.42 Å². The molecule has 0 saturated carbocycles. The molecule has 1 atom stereocenters. The maximum atomic E-state index is 4.52. The third-order valence-electron chi connectivity index (χ3n) is 3.38. The van der Waals surface area contributed by atoms with E-state index in [4.69, 9.17) is 0 Å². The predicted molar refractivity (Wildman–Crippen MR) is 91.7 cm³/mol. The molecular formula is C16H16BrN3S. The van der Waals surface area contributed by atoms with E-state index < -0.39 is 0 Å². The smallest absolute Gasteiger partial charge is 0.0934 e. The van der Waals surface area contributed by atoms with E-state index in [1.54, 1.807) is 23.7 Å². The summed E-state index contributed by atoms with van der Waals surface area (Å²) >= 11 is 5.31. The average Bonchev–Trinajstić information content (AvgIpc) is 2.91. The monoisotopic (exact) mass is 361 g/mol. The van der Waals surface area contributed by atoms with Gasteiger partial charge in [-0.2, -0.15) is 0 Å². The van der Waals surface area contributed by atoms with Crippen LogP contribution >= 0.6 is 27.3 Å². The van der Waals surface area contributed by atoms with Crippen molar-refractivity contribution in [3.8, 4) is 0 Å². The van der Waals surface area contributed by atoms with Crippen molar-refractivity contribution in [2.24, 2.45) is 0 Å². The van der Waals surface area contributed by atoms with Crippen LogP contribution in [0.25, 0.3) is 11.0 Å². The van der Waals surface area contributed by atoms with Gasteiger partial charge in [-0.15, -0.1) is 11.3 Å². The van der Waals surface area contributed by atoms with Gasteiger partial charge in [0, 0.05) is 39.6 Å². The molecule has 3 nitrogen and oxygen atoms in total. The minimum absolute atomic E-state index is 0.251. The first kappa shape index (κ1) is 14.6. The summed E-state index contributed by atoms with van der Waals surface area (Å²) in [7, 11) is 0. The van der Waals surface area contributed by atoms with Crippen molar-refractivity contribution in [2.45, 2.75) is 19.4 Å². The highest BCUT2D eigenvalue weighted by molar-refractivity contribution is 9.10. The number of thiophene rings is 1. The van der Waals surface area contributed by atoms with Gasteiger partial charge in [-0.05, 0) is 40.2 Å². The molecule has 0 aliphatic heterocycles. The number of aromatic nitrogens is 2. The molecule has 3 rings (SSSR count). The molecular weight excluding hydrogens is 346 g/mol. The first-order valence-corrected chi connectivity index (χ1v) is 8.61. The molecule has 1 N–H and O–H groups in total. The van der Waals surface area contributed by atoms with Crippen LogP contribution in [0.15, 0.2) is 46.5 Å². The van der Waals surface area contributed by atoms with Gasteiger partial charge in [0.15, 0.2) is 0 Å². The summed E-state index contributed by atoms with van der Waals surface area (Å²) in [6, 6.07) is 8.65. The Kier molecular flexibility index (Phi) is 4.63. The summed E-state index contributed by atoms with van der Waals surface area (Å²) < 4.78 is 1.15. The molecule has 21 heavy (non-hydrogen) atoms. The van der Waals surface area contributed by atoms with Crippen molar-refractivity contribution in [3.63, 3.8) is 0 Å². The van der Waals surface area contributed by atoms with Crippen LogP contribution in [0.3, 0.4) is 0 Å². The quantitative estimate of drug-likeness (QED) is 0.733. The number of benzene rings is 1. The van der Waals surface area contributed by atoms with Gasteiger partial charge in [0.05, 0.1) is 11.0 Å². The van der Waals surface area contributed by atoms with Crippen LogP contribution in [0.5, 0.6) is 0 Å². The molecule has 0 spiro atoms. The first-order valence-electron chi connectivity index (χ1n) is 6.94. The number of hydrogen-bond acceptors (Lipinski definition) is 4. The van der Waals surface area contributed by atoms with Crippen molar-refractivity contribution >= 4 is 38.3 Å². The molecule has 108 valence electrons. The molecule has 0 saturated heterocycles. The summed E-state index contributed by atoms with van der Waals surface area (Å²) in [5.74, 6) is 0. The summed E-state index contributed by atoms with van der Waals surface area (Å²) in [4.78, 5) is 10.3. The van der Waals surface area contributed by atoms with Crippen molar-refractivity contribution in [1.29, 1.82) is 0 Å². The Labute approximate surface area is 136 Å². The molecule has 0 fully saturated rings. The Bertz CT molecular complexity index is 736. The van der Waals surface area contributed by atoms with Crippen LogP contribution in [0.2, 0.25) is 0 Å². The fraction of sp³-hybridized carbons (Fsp3) is 0.250. The van der Waals surface area contributed by atoms with Gasteiger partial charge in [0.25, 0.3) is 0 Å². The number of fused-ring (bicyclic) bond motifs is 1. The number of hydrogen-bond donors (Lipinski definition) is 1. The standard InChI is InChI=1S/C16H16BrN3S/c1-2-18-15(9-12-8-11(17)10-21-12)13-4-3-5-14-16(13)20-7-6-19-14/h3-8,10,15,18H,2,9H2,1H3. The number of rotatable bonds is 5. The Morgan fingerprint density at radius 3 is 2.90 bits per heavy atom. The van der Waals surface area contributed by atoms with Gasteiger partial charge in [-0.3, -0.25) is 9.97 Å². The van der Waals surface area contributed by atoms with E-state index in [2.05, 4.69) is 61.7 Å². The molecule has 0 amide bonds. The molecule has 5 heteroatoms. The van der Waals surface area contributed by atoms with E-state index in [0.29, 0.717) is 0 Å². The fourth-order valence-corrected chi connectivity index (χ4v) is 3.99. The van der Waals surface area contributed by atoms with E-state index in [-0.39, 0.29) is 6.04 Å². The van der Waals surface area contributed by atoms with Crippen LogP contribution in [-0.4, -0.2) is 16.5 Å². The van der Waals surface area contributed by atoms with Crippen molar-refractivity contribution in [1.82, 2.24) is 15.3 Å². The van der Waals surface area contributed by atoms with Gasteiger partial charge < -0.3 is 5.32 Å². The zero-order chi connectivity index (χ0) is 14.7. The maximum absolute atomic E-state index is 4.52. The number of nitrogens with zero attached hydrogens (tertiary/aromatic N) is 2. The van der Waals surface area contributed by atoms with Crippen molar-refractivity contribution < 1.29 is 0 Å². The van der Waals surface area contributed by atoms with Crippen LogP contribution in [0, 0.1) is 0 Å². The Morgan fingerprint density at radius 2 is 2.14 bits per heavy atom. The minimum Gasteiger partial charge on any atom is -0.310 e. The van der Waals surface area contributed by atoms with E-state index in [0.717, 1.165) is 28.5 Å². The Balaban J connectivity index is 1.98. The first-order chi connectivity index (χ1) is 10.3. The third-order valence-corrected chi connectivity index (χ3v) is 5.10. The zero-order valence-electron chi connectivity index (χ0n) is 11.7. The van der Waals surface area contributed by atoms with Gasteiger partial charge in [-0.25, -0.2) is 0 Å². The lowest BCUT2D eigenvalue weighted by Gasteiger charge is -2.18. The van der Waals surface area contributed by atoms with E-state index in [1.807, 2.05) is 6.07 Å². The normalized spacial score (nSPS) is 12.7. The highest BCUT2D eigenvalue weighted by Gasteiger charge is 2.16. The molecule has 1 aromatic carbocycles. The summed E-state index contributed by atoms with van der Waals surface area (Å²) in [5, 5.41) is 5.70. The fourth-order valence-electron chi connectivity index (χ4n) is 2.50. The molecule has 2 heterocycles. The van der Waals surface area contributed by atoms with Crippen LogP contribution in [0.4, 0.5) is 0 Å². The Morgan fingerprint density at radius 1 is 1.29 bits per heavy atom. The summed E-state index contributed by atoms with van der Waals surface area (Å²) in [5.41, 5.74) is 3.15. The summed E-state index contributed by atoms with van der Waals surface area (Å²) in [6.45, 7) is 3.06. The van der Waals surface area contributed by atoms with Crippen LogP contribution < -0.4 is 5.32 Å². The van der Waals surface area contributed by atoms with E-state index in [1.165, 1.54) is 10.4 Å². The molecule has 0 bridgehead atoms. The van der Waals surface area contributed by atoms with Gasteiger partial charge in [0.1, 0.15) is 0 Å². The number of likely N-dealkylation sites (N-methyl/N-ethyl adjacent to an activating group) is 1. The minimum atomic E-state index is 0.251. The number of nitrogens with one attached hydrogen (secondary N) is 1. The number of halogens is 1. The lowest BCUT2D eigenvalue weighted by Crippen LogP contribution is -2.23. The van der Waals surface area contributed by atoms with Crippen LogP contribution in [0.1, 0.15) is 23.4 Å². The van der Waals surface area contributed by atoms with Gasteiger partial charge in [-0.1, -0.05) is 19.1 Å². The second-order valence-electron chi connectivity index (χ2n) is 4.82. The highest BCUT2D eigenvalue weighted by Crippen LogP contribution is 2.28. The van der Waals surface area contributed by atoms with E-state index in [9.17, 15) is 0 Å². The molecule has 0 aliphatic carbocycles. The predicted octanol–water partition coefficient (Wildman–Crippen LogP) is 4.35. The largest absolute Gasteiger partial charge is 0.310 e. The lowest BCUT2D eigenvalue weighted by atomic mass is 10.0. The second kappa shape index (κ2) is 6.64. The molecule has 0 radical (unpaired) electrons. The highest BCUT2D eigenvalue weighted by atomic mass is 79.9. The maximum Gasteiger partial charge on any atom is 0.0934 e. The molecule has 3 aromatic rings. The zero-order valence-corrected chi connectivity index (χ0v) is 14.1. The second-order valence-corrected chi connectivity index (χ2v) is 6.73. The van der Waals surface area contributed by atoms with Crippen molar-refractivity contribution in [2.75, 3.05) is 6.54 Å². The molecule has 1 unspecified atom stereocenters. The van der Waals surface area contributed by atoms with E-state index >= 15 is 0 Å². The molecule has 0 aliphatic rings. The van der Waals surface area contributed by atoms with Gasteiger partial charge in [0.2, 0.25) is 0 Å². The summed E-state index contributed by atoms with van der Waals surface area (Å²) in [6.07, 6.45) is 4.46. The topological polar surface area (TPSA) is 37.8 Å². The number of para-hydroxylation sites is 1. The SMILES string of the molecule is CCNC(Cc1cc(Br)cs1)c1cccc2nccnc12.